The first-order valence-corrected chi connectivity index (χ1v) is 12.0. The molecule has 0 aromatic heterocycles. The van der Waals surface area contributed by atoms with Crippen LogP contribution in [0.4, 0.5) is 13.2 Å². The number of hydrogen-bond acceptors (Lipinski definition) is 5. The van der Waals surface area contributed by atoms with Crippen molar-refractivity contribution in [1.29, 1.82) is 0 Å². The Bertz CT molecular complexity index is 1100. The van der Waals surface area contributed by atoms with Gasteiger partial charge in [-0.2, -0.15) is 13.2 Å². The number of fused-ring (bicyclic) bond motifs is 1. The average Bonchev–Trinajstić information content (AvgIpc) is 2.84. The number of piperidine rings is 1. The number of rotatable bonds is 7. The third-order valence-corrected chi connectivity index (χ3v) is 7.06. The Hall–Kier alpha value is -3.11. The zero-order valence-corrected chi connectivity index (χ0v) is 19.9. The number of aliphatic hydroxyl groups is 1. The van der Waals surface area contributed by atoms with Crippen molar-refractivity contribution in [3.05, 3.63) is 65.7 Å². The van der Waals surface area contributed by atoms with E-state index in [9.17, 15) is 14.7 Å². The number of carbonyl (C=O) groups excluding carboxylic acids is 2. The number of halogens is 3. The highest BCUT2D eigenvalue weighted by molar-refractivity contribution is 5.88. The van der Waals surface area contributed by atoms with E-state index in [1.54, 1.807) is 30.3 Å². The van der Waals surface area contributed by atoms with Gasteiger partial charge in [0.2, 0.25) is 11.8 Å². The lowest BCUT2D eigenvalue weighted by Gasteiger charge is -2.53. The number of alkyl halides is 3. The minimum Gasteiger partial charge on any atom is -0.493 e. The molecule has 2 heterocycles. The maximum Gasteiger partial charge on any atom is 0.412 e. The van der Waals surface area contributed by atoms with Crippen LogP contribution in [-0.2, 0) is 15.1 Å². The van der Waals surface area contributed by atoms with Gasteiger partial charge in [-0.3, -0.25) is 14.9 Å². The van der Waals surface area contributed by atoms with Crippen molar-refractivity contribution >= 4 is 11.8 Å². The predicted molar refractivity (Wildman–Crippen MR) is 126 cm³/mol. The summed E-state index contributed by atoms with van der Waals surface area (Å²) in [5.74, 6) is -1.10. The summed E-state index contributed by atoms with van der Waals surface area (Å²) in [5.41, 5.74) is 2.98. The fourth-order valence-electron chi connectivity index (χ4n) is 5.54. The van der Waals surface area contributed by atoms with E-state index < -0.39 is 47.8 Å². The number of amides is 2. The Morgan fingerprint density at radius 1 is 1.14 bits per heavy atom. The number of aliphatic hydroxyl groups excluding tert-OH is 1. The molecule has 36 heavy (non-hydrogen) atoms. The van der Waals surface area contributed by atoms with Gasteiger partial charge in [0.1, 0.15) is 11.8 Å². The summed E-state index contributed by atoms with van der Waals surface area (Å²) in [6, 6.07) is 10.0. The lowest BCUT2D eigenvalue weighted by Crippen LogP contribution is -2.73. The molecule has 1 fully saturated rings. The van der Waals surface area contributed by atoms with Gasteiger partial charge in [-0.15, -0.1) is 0 Å². The lowest BCUT2D eigenvalue weighted by molar-refractivity contribution is -0.236. The summed E-state index contributed by atoms with van der Waals surface area (Å²) in [5, 5.41) is 13.8. The molecule has 2 amide bonds. The van der Waals surface area contributed by atoms with Crippen molar-refractivity contribution in [3.8, 4) is 5.75 Å². The fraction of sp³-hybridized carbons (Fsp3) is 0.462. The van der Waals surface area contributed by atoms with Crippen LogP contribution in [0.2, 0.25) is 0 Å². The maximum absolute atomic E-state index is 15.6. The first-order chi connectivity index (χ1) is 17.1. The van der Waals surface area contributed by atoms with Crippen LogP contribution in [0.15, 0.2) is 54.6 Å². The van der Waals surface area contributed by atoms with E-state index in [2.05, 4.69) is 5.32 Å². The highest BCUT2D eigenvalue weighted by Gasteiger charge is 2.65. The van der Waals surface area contributed by atoms with E-state index in [0.717, 1.165) is 4.90 Å². The molecule has 194 valence electrons. The molecule has 0 spiro atoms. The highest BCUT2D eigenvalue weighted by Crippen LogP contribution is 2.48. The van der Waals surface area contributed by atoms with Crippen molar-refractivity contribution < 1.29 is 32.6 Å². The molecule has 1 saturated heterocycles. The summed E-state index contributed by atoms with van der Waals surface area (Å²) in [7, 11) is 0. The number of nitrogens with two attached hydrogens (primary N) is 1. The number of ether oxygens (including phenoxy) is 1. The van der Waals surface area contributed by atoms with Crippen molar-refractivity contribution in [2.45, 2.75) is 68.6 Å². The number of primary amides is 1. The van der Waals surface area contributed by atoms with Crippen LogP contribution in [-0.4, -0.2) is 52.8 Å². The summed E-state index contributed by atoms with van der Waals surface area (Å²) < 4.78 is 52.3. The van der Waals surface area contributed by atoms with Crippen LogP contribution in [0.5, 0.6) is 5.75 Å². The minimum absolute atomic E-state index is 0.0458. The normalized spacial score (nSPS) is 23.7. The summed E-state index contributed by atoms with van der Waals surface area (Å²) in [4.78, 5) is 26.3. The highest BCUT2D eigenvalue weighted by atomic mass is 19.4. The summed E-state index contributed by atoms with van der Waals surface area (Å²) in [6.45, 7) is 1.39. The lowest BCUT2D eigenvalue weighted by atomic mass is 9.75. The van der Waals surface area contributed by atoms with Crippen LogP contribution >= 0.6 is 0 Å². The molecule has 2 aromatic rings. The molecule has 7 nitrogen and oxygen atoms in total. The Morgan fingerprint density at radius 3 is 2.44 bits per heavy atom. The van der Waals surface area contributed by atoms with Gasteiger partial charge in [0, 0.05) is 24.4 Å². The standard InChI is InChI=1S/C26H30F3N3O4/c1-16(33)23(32-20(24(30)35)11-7-13-22(32)34)25(26(27,28)29,17-8-3-2-4-9-17)31-19-14-15-36-21-12-6-5-10-18(19)21/h2-6,8-10,12,16,19-20,23,31,33H,7,11,13-15H2,1H3,(H2,30,35). The zero-order chi connectivity index (χ0) is 26.1. The Morgan fingerprint density at radius 2 is 1.81 bits per heavy atom. The van der Waals surface area contributed by atoms with E-state index in [4.69, 9.17) is 10.5 Å². The molecule has 4 rings (SSSR count). The number of para-hydroxylation sites is 1. The second-order valence-electron chi connectivity index (χ2n) is 9.34. The topological polar surface area (TPSA) is 105 Å². The Balaban J connectivity index is 1.96. The van der Waals surface area contributed by atoms with Gasteiger partial charge < -0.3 is 20.5 Å². The molecule has 4 N–H and O–H groups in total. The molecule has 0 aliphatic carbocycles. The van der Waals surface area contributed by atoms with E-state index in [0.29, 0.717) is 17.7 Å². The summed E-state index contributed by atoms with van der Waals surface area (Å²) in [6.07, 6.45) is -6.05. The minimum atomic E-state index is -5.00. The van der Waals surface area contributed by atoms with Gasteiger partial charge >= 0.3 is 6.18 Å². The number of nitrogens with one attached hydrogen (secondary N) is 1. The first-order valence-electron chi connectivity index (χ1n) is 12.0. The third kappa shape index (κ3) is 4.55. The second-order valence-corrected chi connectivity index (χ2v) is 9.34. The van der Waals surface area contributed by atoms with Gasteiger partial charge in [-0.25, -0.2) is 0 Å². The molecule has 5 atom stereocenters. The van der Waals surface area contributed by atoms with Crippen LogP contribution in [0.3, 0.4) is 0 Å². The predicted octanol–water partition coefficient (Wildman–Crippen LogP) is 3.17. The van der Waals surface area contributed by atoms with Gasteiger partial charge in [0.15, 0.2) is 5.54 Å². The van der Waals surface area contributed by atoms with Crippen LogP contribution in [0.25, 0.3) is 0 Å². The van der Waals surface area contributed by atoms with Gasteiger partial charge in [-0.05, 0) is 31.4 Å². The third-order valence-electron chi connectivity index (χ3n) is 7.06. The zero-order valence-electron chi connectivity index (χ0n) is 19.9. The number of hydrogen-bond donors (Lipinski definition) is 3. The summed E-state index contributed by atoms with van der Waals surface area (Å²) >= 11 is 0. The SMILES string of the molecule is CC(O)C(N1C(=O)CCCC1C(N)=O)C(NC1CCOc2ccccc21)(c1ccccc1)C(F)(F)F. The number of carbonyl (C=O) groups is 2. The average molecular weight is 506 g/mol. The molecule has 2 aliphatic rings. The molecular formula is C26H30F3N3O4. The van der Waals surface area contributed by atoms with Gasteiger partial charge in [-0.1, -0.05) is 48.5 Å². The quantitative estimate of drug-likeness (QED) is 0.536. The van der Waals surface area contributed by atoms with E-state index >= 15 is 13.2 Å². The number of benzene rings is 2. The molecule has 0 bridgehead atoms. The van der Waals surface area contributed by atoms with Crippen LogP contribution < -0.4 is 15.8 Å². The van der Waals surface area contributed by atoms with Crippen LogP contribution in [0.1, 0.15) is 49.8 Å². The Labute approximate surface area is 207 Å². The monoisotopic (exact) mass is 505 g/mol. The van der Waals surface area contributed by atoms with Gasteiger partial charge in [0.25, 0.3) is 0 Å². The fourth-order valence-corrected chi connectivity index (χ4v) is 5.54. The van der Waals surface area contributed by atoms with E-state index in [1.165, 1.54) is 31.2 Å². The largest absolute Gasteiger partial charge is 0.493 e. The molecule has 10 heteroatoms. The van der Waals surface area contributed by atoms with Crippen LogP contribution in [0, 0.1) is 0 Å². The van der Waals surface area contributed by atoms with E-state index in [1.807, 2.05) is 0 Å². The van der Waals surface area contributed by atoms with Crippen molar-refractivity contribution in [2.24, 2.45) is 5.73 Å². The Kier molecular flexibility index (Phi) is 7.28. The van der Waals surface area contributed by atoms with Crippen molar-refractivity contribution in [1.82, 2.24) is 10.2 Å². The van der Waals surface area contributed by atoms with E-state index in [-0.39, 0.29) is 31.4 Å². The molecule has 0 radical (unpaired) electrons. The second kappa shape index (κ2) is 10.1. The smallest absolute Gasteiger partial charge is 0.412 e. The first kappa shape index (κ1) is 26.0. The number of likely N-dealkylation sites (tertiary alicyclic amines) is 1. The molecule has 0 saturated carbocycles. The molecule has 2 aromatic carbocycles. The van der Waals surface area contributed by atoms with Gasteiger partial charge in [0.05, 0.1) is 18.8 Å². The van der Waals surface area contributed by atoms with Crippen molar-refractivity contribution in [3.63, 3.8) is 0 Å². The molecular weight excluding hydrogens is 475 g/mol. The maximum atomic E-state index is 15.6. The van der Waals surface area contributed by atoms with Crippen molar-refractivity contribution in [2.75, 3.05) is 6.61 Å². The number of nitrogens with zero attached hydrogens (tertiary/aromatic N) is 1. The molecule has 2 aliphatic heterocycles. The molecule has 5 unspecified atom stereocenters.